The van der Waals surface area contributed by atoms with E-state index < -0.39 is 5.60 Å². The third-order valence-electron chi connectivity index (χ3n) is 4.65. The van der Waals surface area contributed by atoms with Gasteiger partial charge in [0.2, 0.25) is 0 Å². The van der Waals surface area contributed by atoms with Crippen LogP contribution in [0.25, 0.3) is 0 Å². The molecule has 4 rings (SSSR count). The van der Waals surface area contributed by atoms with E-state index in [1.54, 1.807) is 0 Å². The first kappa shape index (κ1) is 15.9. The number of carbonyl (C=O) groups is 1. The summed E-state index contributed by atoms with van der Waals surface area (Å²) in [7, 11) is 0. The van der Waals surface area contributed by atoms with E-state index in [2.05, 4.69) is 23.6 Å². The van der Waals surface area contributed by atoms with Crippen molar-refractivity contribution in [3.8, 4) is 0 Å². The summed E-state index contributed by atoms with van der Waals surface area (Å²) < 4.78 is 5.98. The average molecular weight is 308 g/mol. The maximum Gasteiger partial charge on any atom is 0.306 e. The molecule has 4 heteroatoms. The first-order chi connectivity index (χ1) is 9.68. The lowest BCUT2D eigenvalue weighted by Crippen LogP contribution is -2.56. The second-order valence-corrected chi connectivity index (χ2v) is 5.64. The summed E-state index contributed by atoms with van der Waals surface area (Å²) in [4.78, 5) is 14.3. The van der Waals surface area contributed by atoms with Crippen LogP contribution in [-0.2, 0) is 15.1 Å². The van der Waals surface area contributed by atoms with Gasteiger partial charge < -0.3 is 9.64 Å². The van der Waals surface area contributed by atoms with Gasteiger partial charge in [-0.2, -0.15) is 0 Å². The molecule has 3 fully saturated rings. The fourth-order valence-electron chi connectivity index (χ4n) is 3.57. The molecule has 1 aromatic carbocycles. The Morgan fingerprint density at radius 2 is 1.95 bits per heavy atom. The highest BCUT2D eigenvalue weighted by Gasteiger charge is 2.53. The normalized spacial score (nSPS) is 27.2. The molecular formula is C17H22ClNO2. The molecule has 1 unspecified atom stereocenters. The number of piperidine rings is 3. The predicted molar refractivity (Wildman–Crippen MR) is 85.2 cm³/mol. The maximum atomic E-state index is 12.0. The maximum absolute atomic E-state index is 12.0. The second-order valence-electron chi connectivity index (χ2n) is 5.64. The van der Waals surface area contributed by atoms with Gasteiger partial charge in [-0.25, -0.2) is 0 Å². The van der Waals surface area contributed by atoms with E-state index in [0.29, 0.717) is 12.3 Å². The Labute approximate surface area is 132 Å². The Morgan fingerprint density at radius 1 is 1.33 bits per heavy atom. The van der Waals surface area contributed by atoms with Crippen LogP contribution >= 0.6 is 12.4 Å². The summed E-state index contributed by atoms with van der Waals surface area (Å²) in [6.45, 7) is 8.16. The van der Waals surface area contributed by atoms with E-state index in [1.807, 2.05) is 25.1 Å². The van der Waals surface area contributed by atoms with Crippen LogP contribution in [0.15, 0.2) is 42.6 Å². The monoisotopic (exact) mass is 307 g/mol. The smallest absolute Gasteiger partial charge is 0.306 e. The molecule has 114 valence electrons. The summed E-state index contributed by atoms with van der Waals surface area (Å²) in [5, 5.41) is 0. The average Bonchev–Trinajstić information content (AvgIpc) is 2.52. The van der Waals surface area contributed by atoms with Crippen molar-refractivity contribution in [2.45, 2.75) is 31.8 Å². The van der Waals surface area contributed by atoms with Gasteiger partial charge >= 0.3 is 5.97 Å². The van der Waals surface area contributed by atoms with Crippen LogP contribution in [0.5, 0.6) is 0 Å². The van der Waals surface area contributed by atoms with E-state index in [-0.39, 0.29) is 18.4 Å². The first-order valence-electron chi connectivity index (χ1n) is 7.40. The third-order valence-corrected chi connectivity index (χ3v) is 4.65. The minimum atomic E-state index is -0.648. The standard InChI is InChI=1S/C17H21NO2.ClH/c1-3-16(19)20-17(14-7-5-4-6-8-14)13(2)18-11-9-15(17)10-12-18;/h4-8,15H,2-3,9-12H2,1H3;1H. The number of carbonyl (C=O) groups excluding carboxylic acids is 1. The van der Waals surface area contributed by atoms with Crippen molar-refractivity contribution in [3.05, 3.63) is 48.2 Å². The molecule has 0 N–H and O–H groups in total. The Hall–Kier alpha value is -1.48. The Morgan fingerprint density at radius 3 is 2.48 bits per heavy atom. The van der Waals surface area contributed by atoms with Gasteiger partial charge in [0.1, 0.15) is 0 Å². The van der Waals surface area contributed by atoms with Crippen LogP contribution in [0.3, 0.4) is 0 Å². The highest BCUT2D eigenvalue weighted by atomic mass is 35.5. The predicted octanol–water partition coefficient (Wildman–Crippen LogP) is 3.50. The van der Waals surface area contributed by atoms with Gasteiger partial charge in [0.15, 0.2) is 5.60 Å². The highest BCUT2D eigenvalue weighted by Crippen LogP contribution is 2.51. The molecule has 3 aliphatic rings. The summed E-state index contributed by atoms with van der Waals surface area (Å²) in [5.41, 5.74) is 1.36. The van der Waals surface area contributed by atoms with E-state index in [1.165, 1.54) is 0 Å². The van der Waals surface area contributed by atoms with Gasteiger partial charge in [-0.05, 0) is 12.8 Å². The van der Waals surface area contributed by atoms with Gasteiger partial charge in [0.25, 0.3) is 0 Å². The SMILES string of the molecule is C=C1N2CCC(CC2)C1(OC(=O)CC)c1ccccc1.Cl. The van der Waals surface area contributed by atoms with Crippen LogP contribution in [0, 0.1) is 5.92 Å². The summed E-state index contributed by atoms with van der Waals surface area (Å²) in [6, 6.07) is 10.1. The molecule has 0 spiro atoms. The molecule has 0 aromatic heterocycles. The van der Waals surface area contributed by atoms with Crippen molar-refractivity contribution in [3.63, 3.8) is 0 Å². The van der Waals surface area contributed by atoms with Gasteiger partial charge in [0, 0.05) is 31.0 Å². The number of hydrogen-bond acceptors (Lipinski definition) is 3. The fraction of sp³-hybridized carbons (Fsp3) is 0.471. The minimum Gasteiger partial charge on any atom is -0.447 e. The number of fused-ring (bicyclic) bond motifs is 3. The molecule has 0 amide bonds. The Balaban J connectivity index is 0.00000161. The number of halogens is 1. The summed E-state index contributed by atoms with van der Waals surface area (Å²) in [6.07, 6.45) is 2.52. The largest absolute Gasteiger partial charge is 0.447 e. The van der Waals surface area contributed by atoms with Gasteiger partial charge in [0.05, 0.1) is 5.70 Å². The first-order valence-corrected chi connectivity index (χ1v) is 7.40. The number of hydrogen-bond donors (Lipinski definition) is 0. The van der Waals surface area contributed by atoms with Crippen LogP contribution < -0.4 is 0 Å². The molecule has 3 heterocycles. The van der Waals surface area contributed by atoms with Gasteiger partial charge in [-0.1, -0.05) is 43.8 Å². The summed E-state index contributed by atoms with van der Waals surface area (Å²) >= 11 is 0. The van der Waals surface area contributed by atoms with Crippen LogP contribution in [-0.4, -0.2) is 24.0 Å². The molecule has 21 heavy (non-hydrogen) atoms. The van der Waals surface area contributed by atoms with Gasteiger partial charge in [-0.3, -0.25) is 4.79 Å². The van der Waals surface area contributed by atoms with Crippen molar-refractivity contribution in [2.75, 3.05) is 13.1 Å². The molecule has 0 aliphatic carbocycles. The lowest BCUT2D eigenvalue weighted by molar-refractivity contribution is -0.174. The molecule has 3 saturated heterocycles. The van der Waals surface area contributed by atoms with E-state index in [0.717, 1.165) is 37.2 Å². The van der Waals surface area contributed by atoms with Crippen molar-refractivity contribution < 1.29 is 9.53 Å². The lowest BCUT2D eigenvalue weighted by Gasteiger charge is -2.54. The highest BCUT2D eigenvalue weighted by molar-refractivity contribution is 5.85. The number of rotatable bonds is 3. The van der Waals surface area contributed by atoms with E-state index in [4.69, 9.17) is 4.74 Å². The molecular weight excluding hydrogens is 286 g/mol. The van der Waals surface area contributed by atoms with Crippen LogP contribution in [0.2, 0.25) is 0 Å². The molecule has 3 nitrogen and oxygen atoms in total. The molecule has 0 radical (unpaired) electrons. The van der Waals surface area contributed by atoms with Crippen molar-refractivity contribution in [1.82, 2.24) is 4.90 Å². The minimum absolute atomic E-state index is 0. The topological polar surface area (TPSA) is 29.5 Å². The fourth-order valence-corrected chi connectivity index (χ4v) is 3.57. The zero-order valence-corrected chi connectivity index (χ0v) is 13.2. The Bertz CT molecular complexity index is 523. The van der Waals surface area contributed by atoms with Gasteiger partial charge in [-0.15, -0.1) is 12.4 Å². The molecule has 0 saturated carbocycles. The van der Waals surface area contributed by atoms with Crippen LogP contribution in [0.1, 0.15) is 31.7 Å². The molecule has 1 aromatic rings. The summed E-state index contributed by atoms with van der Waals surface area (Å²) in [5.74, 6) is 0.196. The zero-order valence-electron chi connectivity index (χ0n) is 12.4. The van der Waals surface area contributed by atoms with Crippen molar-refractivity contribution >= 4 is 18.4 Å². The lowest BCUT2D eigenvalue weighted by atomic mass is 9.69. The van der Waals surface area contributed by atoms with E-state index >= 15 is 0 Å². The quantitative estimate of drug-likeness (QED) is 0.801. The van der Waals surface area contributed by atoms with Crippen molar-refractivity contribution in [1.29, 1.82) is 0 Å². The van der Waals surface area contributed by atoms with Crippen LogP contribution in [0.4, 0.5) is 0 Å². The zero-order chi connectivity index (χ0) is 14.2. The Kier molecular flexibility index (Phi) is 4.62. The van der Waals surface area contributed by atoms with E-state index in [9.17, 15) is 4.79 Å². The molecule has 1 atom stereocenters. The molecule has 2 bridgehead atoms. The third kappa shape index (κ3) is 2.44. The number of esters is 1. The second kappa shape index (κ2) is 6.10. The molecule has 3 aliphatic heterocycles. The number of benzene rings is 1. The van der Waals surface area contributed by atoms with Crippen molar-refractivity contribution in [2.24, 2.45) is 5.92 Å². The number of ether oxygens (including phenoxy) is 1. The number of nitrogens with zero attached hydrogens (tertiary/aromatic N) is 1.